The fourth-order valence-electron chi connectivity index (χ4n) is 2.56. The van der Waals surface area contributed by atoms with Crippen LogP contribution in [-0.2, 0) is 13.0 Å². The quantitative estimate of drug-likeness (QED) is 0.631. The maximum absolute atomic E-state index is 6.07. The predicted molar refractivity (Wildman–Crippen MR) is 101 cm³/mol. The number of imidazole rings is 1. The molecule has 2 aromatic heterocycles. The minimum absolute atomic E-state index is 0.394. The topological polar surface area (TPSA) is 81.7 Å². The molecule has 0 fully saturated rings. The zero-order valence-corrected chi connectivity index (χ0v) is 15.4. The van der Waals surface area contributed by atoms with Crippen LogP contribution >= 0.6 is 15.9 Å². The first kappa shape index (κ1) is 16.7. The highest BCUT2D eigenvalue weighted by atomic mass is 79.9. The maximum Gasteiger partial charge on any atom is 0.226 e. The molecule has 0 aliphatic rings. The highest BCUT2D eigenvalue weighted by Gasteiger charge is 2.15. The number of fused-ring (bicyclic) bond motifs is 1. The van der Waals surface area contributed by atoms with Gasteiger partial charge in [-0.1, -0.05) is 44.2 Å². The van der Waals surface area contributed by atoms with Gasteiger partial charge in [0.15, 0.2) is 21.7 Å². The fourth-order valence-corrected chi connectivity index (χ4v) is 3.05. The number of rotatable bonds is 6. The summed E-state index contributed by atoms with van der Waals surface area (Å²) in [5, 5.41) is 3.26. The molecule has 126 valence electrons. The number of nitrogens with zero attached hydrogens (tertiary/aromatic N) is 4. The van der Waals surface area contributed by atoms with Crippen LogP contribution < -0.4 is 11.1 Å². The van der Waals surface area contributed by atoms with Crippen LogP contribution in [0.25, 0.3) is 11.2 Å². The molecule has 0 saturated heterocycles. The Kier molecular flexibility index (Phi) is 4.99. The summed E-state index contributed by atoms with van der Waals surface area (Å²) in [4.78, 5) is 13.4. The van der Waals surface area contributed by atoms with E-state index < -0.39 is 0 Å². The van der Waals surface area contributed by atoms with E-state index in [0.717, 1.165) is 29.9 Å². The zero-order valence-electron chi connectivity index (χ0n) is 13.8. The van der Waals surface area contributed by atoms with Crippen molar-refractivity contribution in [3.63, 3.8) is 0 Å². The van der Waals surface area contributed by atoms with Crippen LogP contribution in [0, 0.1) is 5.92 Å². The summed E-state index contributed by atoms with van der Waals surface area (Å²) in [6.07, 6.45) is 0.900. The monoisotopic (exact) mass is 388 g/mol. The van der Waals surface area contributed by atoms with Gasteiger partial charge >= 0.3 is 0 Å². The van der Waals surface area contributed by atoms with Gasteiger partial charge in [-0.05, 0) is 33.8 Å². The first-order chi connectivity index (χ1) is 11.5. The third-order valence-corrected chi connectivity index (χ3v) is 4.27. The molecule has 7 heteroatoms. The summed E-state index contributed by atoms with van der Waals surface area (Å²) in [5.41, 5.74) is 8.73. The van der Waals surface area contributed by atoms with Crippen molar-refractivity contribution in [1.82, 2.24) is 19.5 Å². The van der Waals surface area contributed by atoms with E-state index in [4.69, 9.17) is 5.73 Å². The Morgan fingerprint density at radius 3 is 2.62 bits per heavy atom. The first-order valence-corrected chi connectivity index (χ1v) is 8.81. The van der Waals surface area contributed by atoms with E-state index in [1.807, 2.05) is 22.8 Å². The van der Waals surface area contributed by atoms with E-state index in [0.29, 0.717) is 23.2 Å². The van der Waals surface area contributed by atoms with Crippen molar-refractivity contribution in [1.29, 1.82) is 0 Å². The van der Waals surface area contributed by atoms with Crippen LogP contribution in [0.1, 0.15) is 19.4 Å². The Bertz CT molecular complexity index is 828. The second-order valence-electron chi connectivity index (χ2n) is 6.15. The van der Waals surface area contributed by atoms with Gasteiger partial charge < -0.3 is 15.6 Å². The zero-order chi connectivity index (χ0) is 17.1. The molecule has 24 heavy (non-hydrogen) atoms. The number of nitrogens with two attached hydrogens (primary N) is 1. The Hall–Kier alpha value is -2.15. The molecule has 0 aliphatic carbocycles. The number of nitrogens with one attached hydrogen (secondary N) is 1. The summed E-state index contributed by atoms with van der Waals surface area (Å²) in [6.45, 7) is 5.87. The first-order valence-electron chi connectivity index (χ1n) is 8.01. The molecule has 3 rings (SSSR count). The smallest absolute Gasteiger partial charge is 0.226 e. The number of hydrogen-bond donors (Lipinski definition) is 2. The molecule has 3 aromatic rings. The summed E-state index contributed by atoms with van der Waals surface area (Å²) in [5.74, 6) is 1.41. The molecule has 0 bridgehead atoms. The van der Waals surface area contributed by atoms with E-state index in [-0.39, 0.29) is 0 Å². The molecule has 0 atom stereocenters. The van der Waals surface area contributed by atoms with E-state index in [2.05, 4.69) is 62.2 Å². The van der Waals surface area contributed by atoms with E-state index in [9.17, 15) is 0 Å². The number of aromatic nitrogens is 4. The minimum Gasteiger partial charge on any atom is -0.382 e. The van der Waals surface area contributed by atoms with Crippen LogP contribution in [0.4, 0.5) is 11.8 Å². The summed E-state index contributed by atoms with van der Waals surface area (Å²) >= 11 is 3.49. The number of halogens is 1. The molecule has 1 aromatic carbocycles. The molecule has 0 aliphatic heterocycles. The van der Waals surface area contributed by atoms with Crippen molar-refractivity contribution in [2.45, 2.75) is 26.8 Å². The lowest BCUT2D eigenvalue weighted by Gasteiger charge is -2.10. The predicted octanol–water partition coefficient (Wildman–Crippen LogP) is 3.48. The number of nitrogen functional groups attached to an aromatic ring is 1. The summed E-state index contributed by atoms with van der Waals surface area (Å²) in [6, 6.07) is 10.3. The van der Waals surface area contributed by atoms with Gasteiger partial charge in [-0.2, -0.15) is 9.97 Å². The van der Waals surface area contributed by atoms with Gasteiger partial charge in [0.1, 0.15) is 0 Å². The van der Waals surface area contributed by atoms with Gasteiger partial charge in [-0.25, -0.2) is 4.98 Å². The molecular weight excluding hydrogens is 368 g/mol. The third-order valence-electron chi connectivity index (χ3n) is 3.66. The standard InChI is InChI=1S/C17H21BrN6/c1-11(2)10-24-15-13(21-16(24)18)14(19)22-17(23-15)20-9-8-12-6-4-3-5-7-12/h3-7,11H,8-10H2,1-2H3,(H3,19,20,22,23). The van der Waals surface area contributed by atoms with Crippen molar-refractivity contribution < 1.29 is 0 Å². The largest absolute Gasteiger partial charge is 0.382 e. The van der Waals surface area contributed by atoms with E-state index >= 15 is 0 Å². The molecule has 0 radical (unpaired) electrons. The summed E-state index contributed by atoms with van der Waals surface area (Å²) < 4.78 is 2.76. The minimum atomic E-state index is 0.394. The average Bonchev–Trinajstić information content (AvgIpc) is 2.85. The van der Waals surface area contributed by atoms with Crippen LogP contribution in [0.15, 0.2) is 35.1 Å². The lowest BCUT2D eigenvalue weighted by atomic mass is 10.1. The Labute approximate surface area is 149 Å². The molecule has 2 heterocycles. The van der Waals surface area contributed by atoms with Crippen molar-refractivity contribution in [2.75, 3.05) is 17.6 Å². The molecule has 0 spiro atoms. The van der Waals surface area contributed by atoms with Crippen LogP contribution in [0.2, 0.25) is 0 Å². The van der Waals surface area contributed by atoms with Gasteiger partial charge in [-0.3, -0.25) is 0 Å². The molecule has 0 unspecified atom stereocenters. The van der Waals surface area contributed by atoms with Gasteiger partial charge in [0.05, 0.1) is 0 Å². The molecule has 0 amide bonds. The SMILES string of the molecule is CC(C)Cn1c(Br)nc2c(N)nc(NCCc3ccccc3)nc21. The second kappa shape index (κ2) is 7.17. The molecule has 3 N–H and O–H groups in total. The molecule has 0 saturated carbocycles. The average molecular weight is 389 g/mol. The van der Waals surface area contributed by atoms with Crippen molar-refractivity contribution in [2.24, 2.45) is 5.92 Å². The highest BCUT2D eigenvalue weighted by molar-refractivity contribution is 9.10. The normalized spacial score (nSPS) is 11.3. The van der Waals surface area contributed by atoms with Gasteiger partial charge in [0.2, 0.25) is 5.95 Å². The number of anilines is 2. The van der Waals surface area contributed by atoms with Crippen molar-refractivity contribution >= 4 is 38.9 Å². The lowest BCUT2D eigenvalue weighted by Crippen LogP contribution is -2.11. The van der Waals surface area contributed by atoms with Crippen LogP contribution in [0.5, 0.6) is 0 Å². The van der Waals surface area contributed by atoms with Gasteiger partial charge in [0, 0.05) is 13.1 Å². The summed E-state index contributed by atoms with van der Waals surface area (Å²) in [7, 11) is 0. The van der Waals surface area contributed by atoms with E-state index in [1.165, 1.54) is 5.56 Å². The molecular formula is C17H21BrN6. The Morgan fingerprint density at radius 2 is 1.92 bits per heavy atom. The van der Waals surface area contributed by atoms with E-state index in [1.54, 1.807) is 0 Å². The van der Waals surface area contributed by atoms with Gasteiger partial charge in [-0.15, -0.1) is 0 Å². The Morgan fingerprint density at radius 1 is 1.17 bits per heavy atom. The van der Waals surface area contributed by atoms with Crippen molar-refractivity contribution in [3.8, 4) is 0 Å². The second-order valence-corrected chi connectivity index (χ2v) is 6.86. The third kappa shape index (κ3) is 3.67. The van der Waals surface area contributed by atoms with Crippen LogP contribution in [-0.4, -0.2) is 26.1 Å². The number of benzene rings is 1. The van der Waals surface area contributed by atoms with Crippen molar-refractivity contribution in [3.05, 3.63) is 40.6 Å². The number of hydrogen-bond acceptors (Lipinski definition) is 5. The maximum atomic E-state index is 6.07. The van der Waals surface area contributed by atoms with Crippen LogP contribution in [0.3, 0.4) is 0 Å². The lowest BCUT2D eigenvalue weighted by molar-refractivity contribution is 0.523. The highest BCUT2D eigenvalue weighted by Crippen LogP contribution is 2.24. The van der Waals surface area contributed by atoms with Gasteiger partial charge in [0.25, 0.3) is 0 Å². The Balaban J connectivity index is 1.81. The fraction of sp³-hybridized carbons (Fsp3) is 0.353. The molecule has 6 nitrogen and oxygen atoms in total.